The number of carbonyl (C=O) groups is 1. The lowest BCUT2D eigenvalue weighted by atomic mass is 9.86. The van der Waals surface area contributed by atoms with Gasteiger partial charge in [0.1, 0.15) is 0 Å². The number of hydrogen-bond donors (Lipinski definition) is 1. The zero-order valence-corrected chi connectivity index (χ0v) is 13.0. The van der Waals surface area contributed by atoms with Crippen molar-refractivity contribution in [2.24, 2.45) is 11.8 Å². The van der Waals surface area contributed by atoms with E-state index in [-0.39, 0.29) is 17.4 Å². The van der Waals surface area contributed by atoms with E-state index in [1.54, 1.807) is 6.07 Å². The molecule has 1 aliphatic heterocycles. The Kier molecular flexibility index (Phi) is 4.17. The average Bonchev–Trinajstić information content (AvgIpc) is 3.35. The minimum Gasteiger partial charge on any atom is -0.381 e. The monoisotopic (exact) mass is 298 g/mol. The van der Waals surface area contributed by atoms with Crippen LogP contribution in [0, 0.1) is 23.2 Å². The Labute approximate surface area is 131 Å². The molecule has 0 bridgehead atoms. The van der Waals surface area contributed by atoms with E-state index < -0.39 is 0 Å². The van der Waals surface area contributed by atoms with Crippen molar-refractivity contribution in [3.63, 3.8) is 0 Å². The van der Waals surface area contributed by atoms with Crippen LogP contribution in [0.4, 0.5) is 0 Å². The van der Waals surface area contributed by atoms with E-state index in [1.807, 2.05) is 25.1 Å². The van der Waals surface area contributed by atoms with Gasteiger partial charge >= 0.3 is 0 Å². The zero-order valence-electron chi connectivity index (χ0n) is 13.0. The van der Waals surface area contributed by atoms with Crippen molar-refractivity contribution in [1.29, 1.82) is 5.26 Å². The number of nitrogens with one attached hydrogen (secondary N) is 1. The van der Waals surface area contributed by atoms with Gasteiger partial charge in [-0.3, -0.25) is 4.79 Å². The van der Waals surface area contributed by atoms with Crippen molar-refractivity contribution in [3.05, 3.63) is 35.4 Å². The molecule has 0 aromatic heterocycles. The Morgan fingerprint density at radius 2 is 2.14 bits per heavy atom. The molecule has 1 aromatic carbocycles. The third-order valence-electron chi connectivity index (χ3n) is 5.04. The van der Waals surface area contributed by atoms with E-state index in [4.69, 9.17) is 10.00 Å². The molecule has 1 aromatic rings. The lowest BCUT2D eigenvalue weighted by Crippen LogP contribution is -2.41. The Balaban J connectivity index is 1.68. The van der Waals surface area contributed by atoms with Crippen molar-refractivity contribution < 1.29 is 9.53 Å². The first-order chi connectivity index (χ1) is 10.6. The second kappa shape index (κ2) is 6.10. The second-order valence-electron chi connectivity index (χ2n) is 6.50. The summed E-state index contributed by atoms with van der Waals surface area (Å²) in [6.07, 6.45) is 3.83. The van der Waals surface area contributed by atoms with Gasteiger partial charge in [0.05, 0.1) is 17.2 Å². The van der Waals surface area contributed by atoms with E-state index in [9.17, 15) is 4.79 Å². The number of ether oxygens (including phenoxy) is 1. The van der Waals surface area contributed by atoms with Gasteiger partial charge < -0.3 is 10.1 Å². The fraction of sp³-hybridized carbons (Fsp3) is 0.556. The van der Waals surface area contributed by atoms with Gasteiger partial charge in [0.25, 0.3) is 0 Å². The van der Waals surface area contributed by atoms with Crippen molar-refractivity contribution in [2.45, 2.75) is 38.1 Å². The van der Waals surface area contributed by atoms with E-state index >= 15 is 0 Å². The minimum atomic E-state index is -0.247. The summed E-state index contributed by atoms with van der Waals surface area (Å²) in [6.45, 7) is 3.54. The largest absolute Gasteiger partial charge is 0.381 e. The summed E-state index contributed by atoms with van der Waals surface area (Å²) in [5.41, 5.74) is 1.46. The van der Waals surface area contributed by atoms with Gasteiger partial charge in [-0.05, 0) is 49.3 Å². The third kappa shape index (κ3) is 3.00. The first-order valence-electron chi connectivity index (χ1n) is 8.05. The highest BCUT2D eigenvalue weighted by Crippen LogP contribution is 2.46. The summed E-state index contributed by atoms with van der Waals surface area (Å²) in [5, 5.41) is 12.3. The standard InChI is InChI=1S/C18H22N2O2/c1-13(15-5-9-22-10-6-15)17(21)20-18(7-8-18)16-4-2-3-14(11-16)12-19/h2-4,11,13,15H,5-10H2,1H3,(H,20,21)/t13-/m1/s1. The van der Waals surface area contributed by atoms with Gasteiger partial charge in [0.2, 0.25) is 5.91 Å². The summed E-state index contributed by atoms with van der Waals surface area (Å²) in [7, 11) is 0. The molecule has 2 fully saturated rings. The predicted octanol–water partition coefficient (Wildman–Crippen LogP) is 2.73. The number of hydrogen-bond acceptors (Lipinski definition) is 3. The van der Waals surface area contributed by atoms with E-state index in [0.717, 1.165) is 44.5 Å². The van der Waals surface area contributed by atoms with Crippen LogP contribution in [-0.2, 0) is 15.1 Å². The van der Waals surface area contributed by atoms with E-state index in [2.05, 4.69) is 11.4 Å². The predicted molar refractivity (Wildman–Crippen MR) is 82.9 cm³/mol. The fourth-order valence-corrected chi connectivity index (χ4v) is 3.28. The normalized spacial score (nSPS) is 21.6. The molecule has 4 heteroatoms. The van der Waals surface area contributed by atoms with Gasteiger partial charge in [-0.15, -0.1) is 0 Å². The van der Waals surface area contributed by atoms with Gasteiger partial charge in [0, 0.05) is 19.1 Å². The molecule has 2 aliphatic rings. The van der Waals surface area contributed by atoms with Crippen LogP contribution in [0.1, 0.15) is 43.7 Å². The van der Waals surface area contributed by atoms with Crippen LogP contribution in [0.5, 0.6) is 0 Å². The number of benzene rings is 1. The topological polar surface area (TPSA) is 62.1 Å². The minimum absolute atomic E-state index is 0.0144. The van der Waals surface area contributed by atoms with Gasteiger partial charge in [0.15, 0.2) is 0 Å². The first kappa shape index (κ1) is 15.1. The summed E-state index contributed by atoms with van der Waals surface area (Å²) in [6, 6.07) is 9.76. The molecule has 3 rings (SSSR count). The molecule has 4 nitrogen and oxygen atoms in total. The summed E-state index contributed by atoms with van der Waals surface area (Å²) in [5.74, 6) is 0.558. The third-order valence-corrected chi connectivity index (χ3v) is 5.04. The molecule has 1 amide bonds. The number of rotatable bonds is 4. The van der Waals surface area contributed by atoms with Gasteiger partial charge in [-0.25, -0.2) is 0 Å². The Hall–Kier alpha value is -1.86. The molecule has 116 valence electrons. The molecule has 1 atom stereocenters. The second-order valence-corrected chi connectivity index (χ2v) is 6.50. The van der Waals surface area contributed by atoms with Crippen molar-refractivity contribution >= 4 is 5.91 Å². The summed E-state index contributed by atoms with van der Waals surface area (Å²) < 4.78 is 5.38. The van der Waals surface area contributed by atoms with Crippen LogP contribution in [0.15, 0.2) is 24.3 Å². The molecule has 1 aliphatic carbocycles. The summed E-state index contributed by atoms with van der Waals surface area (Å²) >= 11 is 0. The van der Waals surface area contributed by atoms with Crippen LogP contribution < -0.4 is 5.32 Å². The van der Waals surface area contributed by atoms with E-state index in [1.165, 1.54) is 0 Å². The molecule has 1 N–H and O–H groups in total. The maximum Gasteiger partial charge on any atom is 0.223 e. The van der Waals surface area contributed by atoms with Gasteiger partial charge in [-0.1, -0.05) is 19.1 Å². The molecular formula is C18H22N2O2. The average molecular weight is 298 g/mol. The van der Waals surface area contributed by atoms with Crippen molar-refractivity contribution in [2.75, 3.05) is 13.2 Å². The lowest BCUT2D eigenvalue weighted by Gasteiger charge is -2.29. The quantitative estimate of drug-likeness (QED) is 0.929. The van der Waals surface area contributed by atoms with Crippen LogP contribution in [-0.4, -0.2) is 19.1 Å². The smallest absolute Gasteiger partial charge is 0.223 e. The Bertz CT molecular complexity index is 595. The van der Waals surface area contributed by atoms with Crippen LogP contribution >= 0.6 is 0 Å². The fourth-order valence-electron chi connectivity index (χ4n) is 3.28. The van der Waals surface area contributed by atoms with Crippen LogP contribution in [0.2, 0.25) is 0 Å². The Morgan fingerprint density at radius 1 is 1.41 bits per heavy atom. The maximum atomic E-state index is 12.6. The maximum absolute atomic E-state index is 12.6. The first-order valence-corrected chi connectivity index (χ1v) is 8.05. The number of amides is 1. The SMILES string of the molecule is C[C@@H](C(=O)NC1(c2cccc(C#N)c2)CC1)C1CCOCC1. The lowest BCUT2D eigenvalue weighted by molar-refractivity contribution is -0.128. The highest BCUT2D eigenvalue weighted by atomic mass is 16.5. The van der Waals surface area contributed by atoms with E-state index in [0.29, 0.717) is 11.5 Å². The number of carbonyl (C=O) groups excluding carboxylic acids is 1. The molecular weight excluding hydrogens is 276 g/mol. The molecule has 1 saturated heterocycles. The van der Waals surface area contributed by atoms with Crippen molar-refractivity contribution in [3.8, 4) is 6.07 Å². The number of nitrogens with zero attached hydrogens (tertiary/aromatic N) is 1. The van der Waals surface area contributed by atoms with Crippen LogP contribution in [0.25, 0.3) is 0 Å². The van der Waals surface area contributed by atoms with Crippen LogP contribution in [0.3, 0.4) is 0 Å². The number of nitriles is 1. The molecule has 0 radical (unpaired) electrons. The molecule has 1 saturated carbocycles. The highest BCUT2D eigenvalue weighted by molar-refractivity contribution is 5.80. The molecule has 22 heavy (non-hydrogen) atoms. The Morgan fingerprint density at radius 3 is 2.77 bits per heavy atom. The van der Waals surface area contributed by atoms with Gasteiger partial charge in [-0.2, -0.15) is 5.26 Å². The summed E-state index contributed by atoms with van der Waals surface area (Å²) in [4.78, 5) is 12.6. The highest BCUT2D eigenvalue weighted by Gasteiger charge is 2.46. The van der Waals surface area contributed by atoms with Crippen molar-refractivity contribution in [1.82, 2.24) is 5.32 Å². The molecule has 0 unspecified atom stereocenters. The zero-order chi connectivity index (χ0) is 15.6. The molecule has 1 heterocycles. The molecule has 0 spiro atoms.